The highest BCUT2D eigenvalue weighted by Gasteiger charge is 2.16. The van der Waals surface area contributed by atoms with Gasteiger partial charge in [0.05, 0.1) is 12.0 Å². The van der Waals surface area contributed by atoms with Crippen molar-refractivity contribution in [2.24, 2.45) is 0 Å². The van der Waals surface area contributed by atoms with Gasteiger partial charge in [-0.1, -0.05) is 0 Å². The van der Waals surface area contributed by atoms with E-state index >= 15 is 0 Å². The number of hydrogen-bond acceptors (Lipinski definition) is 3. The van der Waals surface area contributed by atoms with Gasteiger partial charge in [-0.2, -0.15) is 0 Å². The van der Waals surface area contributed by atoms with E-state index in [1.54, 1.807) is 0 Å². The highest BCUT2D eigenvalue weighted by Crippen LogP contribution is 2.20. The van der Waals surface area contributed by atoms with Crippen LogP contribution in [-0.4, -0.2) is 34.4 Å². The van der Waals surface area contributed by atoms with Gasteiger partial charge >= 0.3 is 0 Å². The zero-order valence-corrected chi connectivity index (χ0v) is 9.95. The molecule has 1 aromatic heterocycles. The van der Waals surface area contributed by atoms with Crippen molar-refractivity contribution in [2.45, 2.75) is 44.7 Å². The van der Waals surface area contributed by atoms with E-state index in [0.29, 0.717) is 6.04 Å². The third kappa shape index (κ3) is 2.44. The second kappa shape index (κ2) is 5.46. The number of nitrogens with zero attached hydrogens (tertiary/aromatic N) is 2. The van der Waals surface area contributed by atoms with Gasteiger partial charge in [-0.3, -0.25) is 0 Å². The Morgan fingerprint density at radius 1 is 1.50 bits per heavy atom. The maximum atomic E-state index is 8.97. The summed E-state index contributed by atoms with van der Waals surface area (Å²) < 4.78 is 2.26. The number of aromatic nitrogens is 2. The van der Waals surface area contributed by atoms with Crippen LogP contribution in [0.4, 0.5) is 0 Å². The minimum atomic E-state index is 0.238. The van der Waals surface area contributed by atoms with Crippen LogP contribution in [0.15, 0.2) is 6.33 Å². The molecule has 0 saturated carbocycles. The molecule has 1 atom stereocenters. The number of aryl methyl sites for hydroxylation is 1. The summed E-state index contributed by atoms with van der Waals surface area (Å²) in [7, 11) is 1.95. The molecule has 0 amide bonds. The fourth-order valence-electron chi connectivity index (χ4n) is 2.41. The molecule has 4 heteroatoms. The molecule has 16 heavy (non-hydrogen) atoms. The Morgan fingerprint density at radius 3 is 3.06 bits per heavy atom. The summed E-state index contributed by atoms with van der Waals surface area (Å²) in [5.74, 6) is 0. The first kappa shape index (κ1) is 11.6. The highest BCUT2D eigenvalue weighted by molar-refractivity contribution is 5.16. The standard InChI is InChI=1S/C12H21N3O/c1-13-10(6-7-16)8-15-9-14-11-4-2-3-5-12(11)15/h9-10,13,16H,2-8H2,1H3. The van der Waals surface area contributed by atoms with Crippen LogP contribution in [0.5, 0.6) is 0 Å². The van der Waals surface area contributed by atoms with Crippen molar-refractivity contribution in [3.05, 3.63) is 17.7 Å². The minimum Gasteiger partial charge on any atom is -0.396 e. The van der Waals surface area contributed by atoms with Gasteiger partial charge in [0.2, 0.25) is 0 Å². The van der Waals surface area contributed by atoms with Crippen molar-refractivity contribution in [3.8, 4) is 0 Å². The van der Waals surface area contributed by atoms with E-state index in [9.17, 15) is 0 Å². The lowest BCUT2D eigenvalue weighted by atomic mass is 10.0. The number of aliphatic hydroxyl groups is 1. The van der Waals surface area contributed by atoms with Gasteiger partial charge in [0, 0.05) is 24.9 Å². The molecular formula is C12H21N3O. The van der Waals surface area contributed by atoms with Gasteiger partial charge < -0.3 is 15.0 Å². The Bertz CT molecular complexity index is 335. The lowest BCUT2D eigenvalue weighted by Gasteiger charge is -2.19. The topological polar surface area (TPSA) is 50.1 Å². The van der Waals surface area contributed by atoms with Crippen LogP contribution in [0.25, 0.3) is 0 Å². The molecule has 0 bridgehead atoms. The van der Waals surface area contributed by atoms with Gasteiger partial charge in [-0.25, -0.2) is 4.98 Å². The third-order valence-corrected chi connectivity index (χ3v) is 3.41. The van der Waals surface area contributed by atoms with Crippen LogP contribution >= 0.6 is 0 Å². The van der Waals surface area contributed by atoms with Crippen molar-refractivity contribution in [1.29, 1.82) is 0 Å². The number of hydrogen-bond donors (Lipinski definition) is 2. The Morgan fingerprint density at radius 2 is 2.31 bits per heavy atom. The van der Waals surface area contributed by atoms with Crippen LogP contribution in [0, 0.1) is 0 Å². The normalized spacial score (nSPS) is 17.1. The average molecular weight is 223 g/mol. The predicted molar refractivity (Wildman–Crippen MR) is 63.4 cm³/mol. The van der Waals surface area contributed by atoms with E-state index in [1.165, 1.54) is 24.2 Å². The summed E-state index contributed by atoms with van der Waals surface area (Å²) in [4.78, 5) is 4.48. The van der Waals surface area contributed by atoms with E-state index in [0.717, 1.165) is 25.8 Å². The molecule has 1 aromatic rings. The first-order valence-electron chi connectivity index (χ1n) is 6.16. The van der Waals surface area contributed by atoms with E-state index in [4.69, 9.17) is 5.11 Å². The van der Waals surface area contributed by atoms with E-state index < -0.39 is 0 Å². The molecular weight excluding hydrogens is 202 g/mol. The Kier molecular flexibility index (Phi) is 3.96. The quantitative estimate of drug-likeness (QED) is 0.774. The fraction of sp³-hybridized carbons (Fsp3) is 0.750. The number of imidazole rings is 1. The molecule has 0 fully saturated rings. The smallest absolute Gasteiger partial charge is 0.0952 e. The number of aliphatic hydroxyl groups excluding tert-OH is 1. The summed E-state index contributed by atoms with van der Waals surface area (Å²) in [6.45, 7) is 1.15. The largest absolute Gasteiger partial charge is 0.396 e. The molecule has 1 heterocycles. The van der Waals surface area contributed by atoms with E-state index in [2.05, 4.69) is 14.9 Å². The molecule has 1 unspecified atom stereocenters. The maximum Gasteiger partial charge on any atom is 0.0952 e. The lowest BCUT2D eigenvalue weighted by molar-refractivity contribution is 0.259. The van der Waals surface area contributed by atoms with Gasteiger partial charge in [0.25, 0.3) is 0 Å². The van der Waals surface area contributed by atoms with Crippen LogP contribution in [0.1, 0.15) is 30.7 Å². The van der Waals surface area contributed by atoms with Crippen molar-refractivity contribution in [1.82, 2.24) is 14.9 Å². The Labute approximate surface area is 96.7 Å². The highest BCUT2D eigenvalue weighted by atomic mass is 16.3. The van der Waals surface area contributed by atoms with E-state index in [1.807, 2.05) is 13.4 Å². The lowest BCUT2D eigenvalue weighted by Crippen LogP contribution is -2.31. The van der Waals surface area contributed by atoms with Crippen molar-refractivity contribution < 1.29 is 5.11 Å². The van der Waals surface area contributed by atoms with Gasteiger partial charge in [0.1, 0.15) is 0 Å². The van der Waals surface area contributed by atoms with Gasteiger partial charge in [-0.05, 0) is 39.2 Å². The predicted octanol–water partition coefficient (Wildman–Crippen LogP) is 0.732. The zero-order valence-electron chi connectivity index (χ0n) is 9.95. The van der Waals surface area contributed by atoms with Gasteiger partial charge in [0.15, 0.2) is 0 Å². The SMILES string of the molecule is CNC(CCO)Cn1cnc2c1CCCC2. The molecule has 0 aromatic carbocycles. The third-order valence-electron chi connectivity index (χ3n) is 3.41. The number of nitrogens with one attached hydrogen (secondary N) is 1. The number of likely N-dealkylation sites (N-methyl/N-ethyl adjacent to an activating group) is 1. The Balaban J connectivity index is 2.05. The summed E-state index contributed by atoms with van der Waals surface area (Å²) in [5, 5.41) is 12.2. The van der Waals surface area contributed by atoms with Crippen LogP contribution < -0.4 is 5.32 Å². The molecule has 2 N–H and O–H groups in total. The first-order chi connectivity index (χ1) is 7.85. The molecule has 0 radical (unpaired) electrons. The average Bonchev–Trinajstić information content (AvgIpc) is 2.72. The van der Waals surface area contributed by atoms with Crippen molar-refractivity contribution in [2.75, 3.05) is 13.7 Å². The number of fused-ring (bicyclic) bond motifs is 1. The van der Waals surface area contributed by atoms with Crippen LogP contribution in [-0.2, 0) is 19.4 Å². The molecule has 0 aliphatic heterocycles. The summed E-state index contributed by atoms with van der Waals surface area (Å²) in [5.41, 5.74) is 2.69. The summed E-state index contributed by atoms with van der Waals surface area (Å²) in [6, 6.07) is 0.338. The second-order valence-electron chi connectivity index (χ2n) is 4.50. The summed E-state index contributed by atoms with van der Waals surface area (Å²) >= 11 is 0. The molecule has 1 aliphatic carbocycles. The first-order valence-corrected chi connectivity index (χ1v) is 6.16. The van der Waals surface area contributed by atoms with Crippen molar-refractivity contribution in [3.63, 3.8) is 0 Å². The molecule has 1 aliphatic rings. The monoisotopic (exact) mass is 223 g/mol. The van der Waals surface area contributed by atoms with Crippen molar-refractivity contribution >= 4 is 0 Å². The summed E-state index contributed by atoms with van der Waals surface area (Å²) in [6.07, 6.45) is 7.59. The Hall–Kier alpha value is -0.870. The van der Waals surface area contributed by atoms with Crippen LogP contribution in [0.2, 0.25) is 0 Å². The maximum absolute atomic E-state index is 8.97. The fourth-order valence-corrected chi connectivity index (χ4v) is 2.41. The minimum absolute atomic E-state index is 0.238. The van der Waals surface area contributed by atoms with Gasteiger partial charge in [-0.15, -0.1) is 0 Å². The molecule has 2 rings (SSSR count). The second-order valence-corrected chi connectivity index (χ2v) is 4.50. The molecule has 0 spiro atoms. The van der Waals surface area contributed by atoms with E-state index in [-0.39, 0.29) is 6.61 Å². The molecule has 90 valence electrons. The molecule has 0 saturated heterocycles. The molecule has 4 nitrogen and oxygen atoms in total. The van der Waals surface area contributed by atoms with Crippen LogP contribution in [0.3, 0.4) is 0 Å². The zero-order chi connectivity index (χ0) is 11.4. The number of rotatable bonds is 5.